The van der Waals surface area contributed by atoms with Gasteiger partial charge >= 0.3 is 5.69 Å². The van der Waals surface area contributed by atoms with Crippen LogP contribution in [0.2, 0.25) is 5.02 Å². The molecule has 1 aliphatic heterocycles. The monoisotopic (exact) mass is 640 g/mol. The van der Waals surface area contributed by atoms with E-state index < -0.39 is 18.0 Å². The van der Waals surface area contributed by atoms with Crippen molar-refractivity contribution in [3.8, 4) is 11.6 Å². The summed E-state index contributed by atoms with van der Waals surface area (Å²) in [5.41, 5.74) is 1.33. The van der Waals surface area contributed by atoms with Gasteiger partial charge in [-0.3, -0.25) is 23.8 Å². The lowest BCUT2D eigenvalue weighted by Gasteiger charge is -2.29. The molecular formula is C32H35ClF2N6O4. The zero-order valence-electron chi connectivity index (χ0n) is 24.7. The molecule has 4 heterocycles. The molecule has 13 heteroatoms. The fraction of sp³-hybridized carbons (Fsp3) is 0.438. The molecule has 1 aromatic carbocycles. The second-order valence-electron chi connectivity index (χ2n) is 11.5. The number of halogens is 3. The molecule has 0 spiro atoms. The lowest BCUT2D eigenvalue weighted by Crippen LogP contribution is -2.39. The molecule has 1 N–H and O–H groups in total. The van der Waals surface area contributed by atoms with E-state index in [0.717, 1.165) is 62.9 Å². The third kappa shape index (κ3) is 7.18. The summed E-state index contributed by atoms with van der Waals surface area (Å²) in [6, 6.07) is 12.4. The summed E-state index contributed by atoms with van der Waals surface area (Å²) in [5, 5.41) is 3.00. The van der Waals surface area contributed by atoms with Crippen molar-refractivity contribution in [2.45, 2.75) is 44.7 Å². The van der Waals surface area contributed by atoms with Crippen LogP contribution in [0.15, 0.2) is 59.7 Å². The summed E-state index contributed by atoms with van der Waals surface area (Å²) in [4.78, 5) is 37.0. The molecule has 10 nitrogen and oxygen atoms in total. The third-order valence-corrected chi connectivity index (χ3v) is 8.74. The van der Waals surface area contributed by atoms with E-state index in [1.807, 2.05) is 30.3 Å². The van der Waals surface area contributed by atoms with Crippen molar-refractivity contribution < 1.29 is 23.0 Å². The Bertz CT molecular complexity index is 1680. The van der Waals surface area contributed by atoms with Crippen LogP contribution >= 0.6 is 11.6 Å². The first-order chi connectivity index (χ1) is 21.9. The molecule has 2 fully saturated rings. The number of imidazole rings is 1. The maximum atomic E-state index is 13.8. The van der Waals surface area contributed by atoms with E-state index in [1.54, 1.807) is 21.4 Å². The molecule has 1 saturated heterocycles. The van der Waals surface area contributed by atoms with Crippen molar-refractivity contribution in [3.05, 3.63) is 81.6 Å². The maximum Gasteiger partial charge on any atom is 0.333 e. The molecule has 238 valence electrons. The molecule has 0 atom stereocenters. The lowest BCUT2D eigenvalue weighted by molar-refractivity contribution is 0.0320. The van der Waals surface area contributed by atoms with E-state index in [-0.39, 0.29) is 28.2 Å². The number of fused-ring (bicyclic) bond motifs is 1. The fourth-order valence-corrected chi connectivity index (χ4v) is 6.30. The Morgan fingerprint density at radius 3 is 2.51 bits per heavy atom. The van der Waals surface area contributed by atoms with Crippen molar-refractivity contribution in [2.24, 2.45) is 5.92 Å². The number of aromatic nitrogens is 4. The number of nitrogens with zero attached hydrogens (tertiary/aromatic N) is 5. The first-order valence-electron chi connectivity index (χ1n) is 15.2. The predicted molar refractivity (Wildman–Crippen MR) is 166 cm³/mol. The van der Waals surface area contributed by atoms with Crippen molar-refractivity contribution in [1.29, 1.82) is 0 Å². The summed E-state index contributed by atoms with van der Waals surface area (Å²) in [5.74, 6) is 0.106. The number of rotatable bonds is 10. The number of carbonyl (C=O) groups is 1. The van der Waals surface area contributed by atoms with Gasteiger partial charge < -0.3 is 14.8 Å². The molecule has 1 amide bonds. The lowest BCUT2D eigenvalue weighted by atomic mass is 9.85. The second-order valence-corrected chi connectivity index (χ2v) is 11.9. The third-order valence-electron chi connectivity index (χ3n) is 8.53. The number of amides is 1. The van der Waals surface area contributed by atoms with Gasteiger partial charge in [-0.05, 0) is 55.9 Å². The Labute approximate surface area is 263 Å². The summed E-state index contributed by atoms with van der Waals surface area (Å²) in [6.45, 7) is 5.11. The normalized spacial score (nSPS) is 19.2. The number of pyridine rings is 2. The molecule has 3 aromatic heterocycles. The minimum atomic E-state index is -2.88. The van der Waals surface area contributed by atoms with Crippen LogP contribution in [0.5, 0.6) is 5.88 Å². The Morgan fingerprint density at radius 1 is 1.04 bits per heavy atom. The molecule has 45 heavy (non-hydrogen) atoms. The highest BCUT2D eigenvalue weighted by molar-refractivity contribution is 6.30. The van der Waals surface area contributed by atoms with Gasteiger partial charge in [-0.1, -0.05) is 23.7 Å². The summed E-state index contributed by atoms with van der Waals surface area (Å²) in [7, 11) is 0. The van der Waals surface area contributed by atoms with Crippen molar-refractivity contribution in [2.75, 3.05) is 39.5 Å². The van der Waals surface area contributed by atoms with Gasteiger partial charge in [-0.15, -0.1) is 0 Å². The maximum absolute atomic E-state index is 13.8. The average molecular weight is 641 g/mol. The topological polar surface area (TPSA) is 104 Å². The number of ether oxygens (including phenoxy) is 2. The molecule has 0 bridgehead atoms. The second kappa shape index (κ2) is 14.1. The molecule has 1 saturated carbocycles. The van der Waals surface area contributed by atoms with E-state index >= 15 is 0 Å². The molecule has 0 radical (unpaired) electrons. The van der Waals surface area contributed by atoms with E-state index in [4.69, 9.17) is 21.1 Å². The van der Waals surface area contributed by atoms with E-state index in [2.05, 4.69) is 20.2 Å². The largest absolute Gasteiger partial charge is 0.476 e. The number of carbonyl (C=O) groups excluding carboxylic acids is 1. The number of nitrogens with one attached hydrogen (secondary N) is 1. The van der Waals surface area contributed by atoms with E-state index in [9.17, 15) is 18.4 Å². The Morgan fingerprint density at radius 2 is 1.80 bits per heavy atom. The molecular weight excluding hydrogens is 606 g/mol. The number of morpholine rings is 1. The van der Waals surface area contributed by atoms with Gasteiger partial charge in [0, 0.05) is 44.5 Å². The zero-order chi connectivity index (χ0) is 31.3. The molecule has 6 rings (SSSR count). The molecule has 1 aliphatic carbocycles. The SMILES string of the molecule is O=C(NC1CCC(Cn2c(=O)n(-c3ccc(OCCN4CCOCC4)nc3)c3ccccc32)CC1)c1cc(Cl)cnc1C(F)F. The summed E-state index contributed by atoms with van der Waals surface area (Å²) in [6.07, 6.45) is 2.75. The van der Waals surface area contributed by atoms with Crippen molar-refractivity contribution >= 4 is 28.5 Å². The summed E-state index contributed by atoms with van der Waals surface area (Å²) < 4.78 is 41.5. The summed E-state index contributed by atoms with van der Waals surface area (Å²) >= 11 is 5.92. The van der Waals surface area contributed by atoms with Crippen LogP contribution in [0.25, 0.3) is 16.7 Å². The van der Waals surface area contributed by atoms with Crippen LogP contribution in [-0.2, 0) is 11.3 Å². The first-order valence-corrected chi connectivity index (χ1v) is 15.6. The number of hydrogen-bond acceptors (Lipinski definition) is 7. The van der Waals surface area contributed by atoms with Crippen molar-refractivity contribution in [1.82, 2.24) is 29.3 Å². The van der Waals surface area contributed by atoms with E-state index in [0.29, 0.717) is 37.6 Å². The number of benzene rings is 1. The Hall–Kier alpha value is -3.87. The Balaban J connectivity index is 1.10. The minimum Gasteiger partial charge on any atom is -0.476 e. The van der Waals surface area contributed by atoms with Gasteiger partial charge in [0.15, 0.2) is 0 Å². The smallest absolute Gasteiger partial charge is 0.333 e. The fourth-order valence-electron chi connectivity index (χ4n) is 6.14. The van der Waals surface area contributed by atoms with Gasteiger partial charge in [-0.2, -0.15) is 0 Å². The molecule has 2 aliphatic rings. The van der Waals surface area contributed by atoms with Crippen molar-refractivity contribution in [3.63, 3.8) is 0 Å². The Kier molecular flexibility index (Phi) is 9.72. The van der Waals surface area contributed by atoms with Crippen LogP contribution in [0.1, 0.15) is 48.2 Å². The average Bonchev–Trinajstić information content (AvgIpc) is 3.33. The van der Waals surface area contributed by atoms with Gasteiger partial charge in [0.1, 0.15) is 12.3 Å². The minimum absolute atomic E-state index is 0.123. The van der Waals surface area contributed by atoms with Gasteiger partial charge in [-0.25, -0.2) is 18.6 Å². The van der Waals surface area contributed by atoms with Crippen LogP contribution in [-0.4, -0.2) is 75.4 Å². The highest BCUT2D eigenvalue weighted by Crippen LogP contribution is 2.29. The van der Waals surface area contributed by atoms with Crippen LogP contribution < -0.4 is 15.7 Å². The standard InChI is InChI=1S/C32H35ClF2N6O4/c33-22-17-25(29(30(34)35)37-18-22)31(42)38-23-7-5-21(6-8-23)20-40-26-3-1-2-4-27(26)41(32(40)43)24-9-10-28(36-19-24)45-16-13-39-11-14-44-15-12-39/h1-4,9-10,17-19,21,23,30H,5-8,11-16,20H2,(H,38,42). The molecule has 4 aromatic rings. The van der Waals surface area contributed by atoms with E-state index in [1.165, 1.54) is 6.07 Å². The molecule has 0 unspecified atom stereocenters. The van der Waals surface area contributed by atoms with Gasteiger partial charge in [0.25, 0.3) is 12.3 Å². The zero-order valence-corrected chi connectivity index (χ0v) is 25.5. The number of alkyl halides is 2. The van der Waals surface area contributed by atoms with Crippen LogP contribution in [0.4, 0.5) is 8.78 Å². The van der Waals surface area contributed by atoms with Gasteiger partial charge in [0.05, 0.1) is 46.7 Å². The number of para-hydroxylation sites is 2. The number of hydrogen-bond donors (Lipinski definition) is 1. The highest BCUT2D eigenvalue weighted by atomic mass is 35.5. The van der Waals surface area contributed by atoms with Crippen LogP contribution in [0, 0.1) is 5.92 Å². The van der Waals surface area contributed by atoms with Gasteiger partial charge in [0.2, 0.25) is 5.88 Å². The predicted octanol–water partition coefficient (Wildman–Crippen LogP) is 4.87. The van der Waals surface area contributed by atoms with Crippen LogP contribution in [0.3, 0.4) is 0 Å². The first kappa shape index (κ1) is 31.1. The highest BCUT2D eigenvalue weighted by Gasteiger charge is 2.27. The quantitative estimate of drug-likeness (QED) is 0.264.